The number of nitrogens with one attached hydrogen (secondary N) is 2. The predicted molar refractivity (Wildman–Crippen MR) is 123 cm³/mol. The minimum Gasteiger partial charge on any atom is -0.494 e. The van der Waals surface area contributed by atoms with Gasteiger partial charge in [0, 0.05) is 12.1 Å². The number of fused-ring (bicyclic) bond motifs is 1. The van der Waals surface area contributed by atoms with Crippen molar-refractivity contribution < 1.29 is 9.53 Å². The zero-order valence-electron chi connectivity index (χ0n) is 18.2. The number of aromatic nitrogens is 3. The summed E-state index contributed by atoms with van der Waals surface area (Å²) in [6, 6.07) is 13.7. The normalized spacial score (nSPS) is 17.5. The molecule has 0 saturated carbocycles. The number of hydrogen-bond donors (Lipinski definition) is 2. The van der Waals surface area contributed by atoms with E-state index in [1.54, 1.807) is 0 Å². The van der Waals surface area contributed by atoms with Crippen LogP contribution in [0.5, 0.6) is 5.75 Å². The molecule has 0 radical (unpaired) electrons. The molecule has 0 unspecified atom stereocenters. The van der Waals surface area contributed by atoms with Crippen molar-refractivity contribution in [2.24, 2.45) is 0 Å². The summed E-state index contributed by atoms with van der Waals surface area (Å²) >= 11 is 1.43. The summed E-state index contributed by atoms with van der Waals surface area (Å²) < 4.78 is 7.47. The Balaban J connectivity index is 1.66. The highest BCUT2D eigenvalue weighted by atomic mass is 32.2. The molecule has 0 spiro atoms. The van der Waals surface area contributed by atoms with Crippen LogP contribution in [0.3, 0.4) is 0 Å². The fourth-order valence-electron chi connectivity index (χ4n) is 3.59. The molecular formula is C23H27N5O2S. The van der Waals surface area contributed by atoms with Crippen molar-refractivity contribution in [1.29, 1.82) is 0 Å². The maximum Gasteiger partial charge on any atom is 0.240 e. The Bertz CT molecular complexity index is 1080. The van der Waals surface area contributed by atoms with Gasteiger partial charge in [0.15, 0.2) is 5.82 Å². The van der Waals surface area contributed by atoms with Gasteiger partial charge < -0.3 is 15.5 Å². The third-order valence-corrected chi connectivity index (χ3v) is 6.49. The van der Waals surface area contributed by atoms with Crippen molar-refractivity contribution in [2.45, 2.75) is 50.6 Å². The Morgan fingerprint density at radius 2 is 1.94 bits per heavy atom. The van der Waals surface area contributed by atoms with E-state index in [0.29, 0.717) is 11.8 Å². The Morgan fingerprint density at radius 1 is 1.16 bits per heavy atom. The van der Waals surface area contributed by atoms with Crippen LogP contribution in [-0.4, -0.2) is 32.6 Å². The van der Waals surface area contributed by atoms with E-state index < -0.39 is 5.25 Å². The van der Waals surface area contributed by atoms with E-state index >= 15 is 0 Å². The number of amides is 1. The van der Waals surface area contributed by atoms with Gasteiger partial charge in [0.05, 0.1) is 12.6 Å². The topological polar surface area (TPSA) is 81.1 Å². The minimum absolute atomic E-state index is 0.0719. The summed E-state index contributed by atoms with van der Waals surface area (Å²) in [6.45, 7) is 8.62. The standard InChI is InChI=1S/C23H27N5O2S/c1-5-19-25-26-23-28(19)27-20(16-9-11-17(12-10-16)30-6-2)21(31-23)22(29)24-18-13-14(3)7-8-15(18)4/h7-13,20-21,27H,5-6H2,1-4H3,(H,24,29)/t20-,21+/m0/s1. The number of carbonyl (C=O) groups excluding carboxylic acids is 1. The van der Waals surface area contributed by atoms with Crippen molar-refractivity contribution >= 4 is 23.4 Å². The summed E-state index contributed by atoms with van der Waals surface area (Å²) in [5.74, 6) is 1.58. The first kappa shape index (κ1) is 21.2. The number of carbonyl (C=O) groups is 1. The van der Waals surface area contributed by atoms with Crippen molar-refractivity contribution in [1.82, 2.24) is 14.9 Å². The maximum absolute atomic E-state index is 13.4. The minimum atomic E-state index is -0.417. The van der Waals surface area contributed by atoms with Crippen LogP contribution in [0.2, 0.25) is 0 Å². The number of nitrogens with zero attached hydrogens (tertiary/aromatic N) is 3. The first-order chi connectivity index (χ1) is 15.0. The van der Waals surface area contributed by atoms with Gasteiger partial charge in [-0.15, -0.1) is 10.2 Å². The molecule has 3 aromatic rings. The molecular weight excluding hydrogens is 410 g/mol. The number of hydrogen-bond acceptors (Lipinski definition) is 6. The second-order valence-electron chi connectivity index (χ2n) is 7.54. The number of aryl methyl sites for hydroxylation is 3. The molecule has 1 aliphatic rings. The quantitative estimate of drug-likeness (QED) is 0.600. The largest absolute Gasteiger partial charge is 0.494 e. The smallest absolute Gasteiger partial charge is 0.240 e. The summed E-state index contributed by atoms with van der Waals surface area (Å²) in [5, 5.41) is 11.9. The lowest BCUT2D eigenvalue weighted by Gasteiger charge is -2.33. The van der Waals surface area contributed by atoms with Crippen molar-refractivity contribution in [3.05, 3.63) is 65.0 Å². The van der Waals surface area contributed by atoms with E-state index in [4.69, 9.17) is 4.74 Å². The van der Waals surface area contributed by atoms with Crippen LogP contribution in [0.25, 0.3) is 0 Å². The third-order valence-electron chi connectivity index (χ3n) is 5.28. The maximum atomic E-state index is 13.4. The zero-order valence-corrected chi connectivity index (χ0v) is 19.0. The second kappa shape index (κ2) is 9.01. The van der Waals surface area contributed by atoms with Crippen LogP contribution in [0.15, 0.2) is 47.6 Å². The van der Waals surface area contributed by atoms with Crippen molar-refractivity contribution in [2.75, 3.05) is 17.3 Å². The van der Waals surface area contributed by atoms with Crippen LogP contribution in [-0.2, 0) is 11.2 Å². The number of rotatable bonds is 6. The highest BCUT2D eigenvalue weighted by Gasteiger charge is 2.37. The van der Waals surface area contributed by atoms with Crippen LogP contribution in [0.1, 0.15) is 42.4 Å². The highest BCUT2D eigenvalue weighted by molar-refractivity contribution is 8.00. The summed E-state index contributed by atoms with van der Waals surface area (Å²) in [6.07, 6.45) is 0.746. The van der Waals surface area contributed by atoms with E-state index in [0.717, 1.165) is 40.4 Å². The van der Waals surface area contributed by atoms with Crippen molar-refractivity contribution in [3.8, 4) is 5.75 Å². The number of anilines is 1. The van der Waals surface area contributed by atoms with Gasteiger partial charge in [-0.25, -0.2) is 4.68 Å². The molecule has 0 fully saturated rings. The van der Waals surface area contributed by atoms with E-state index in [2.05, 4.69) is 20.9 Å². The first-order valence-electron chi connectivity index (χ1n) is 10.5. The molecule has 1 amide bonds. The lowest BCUT2D eigenvalue weighted by molar-refractivity contribution is -0.116. The molecule has 0 aliphatic carbocycles. The fourth-order valence-corrected chi connectivity index (χ4v) is 4.69. The summed E-state index contributed by atoms with van der Waals surface area (Å²) in [5.41, 5.74) is 7.44. The average Bonchev–Trinajstić information content (AvgIpc) is 3.18. The van der Waals surface area contributed by atoms with E-state index in [1.807, 2.05) is 74.8 Å². The zero-order chi connectivity index (χ0) is 22.0. The Hall–Kier alpha value is -3.00. The Kier molecular flexibility index (Phi) is 6.18. The molecule has 162 valence electrons. The number of thioether (sulfide) groups is 1. The molecule has 8 heteroatoms. The van der Waals surface area contributed by atoms with Gasteiger partial charge in [-0.05, 0) is 55.7 Å². The van der Waals surface area contributed by atoms with Gasteiger partial charge in [-0.3, -0.25) is 4.79 Å². The molecule has 2 N–H and O–H groups in total. The fraction of sp³-hybridized carbons (Fsp3) is 0.348. The van der Waals surface area contributed by atoms with Gasteiger partial charge in [0.2, 0.25) is 11.1 Å². The van der Waals surface area contributed by atoms with Crippen LogP contribution >= 0.6 is 11.8 Å². The van der Waals surface area contributed by atoms with E-state index in [9.17, 15) is 4.79 Å². The molecule has 2 heterocycles. The lowest BCUT2D eigenvalue weighted by Crippen LogP contribution is -2.41. The van der Waals surface area contributed by atoms with E-state index in [1.165, 1.54) is 11.8 Å². The van der Waals surface area contributed by atoms with Gasteiger partial charge in [-0.2, -0.15) is 0 Å². The number of ether oxygens (including phenoxy) is 1. The second-order valence-corrected chi connectivity index (χ2v) is 8.65. The van der Waals surface area contributed by atoms with Gasteiger partial charge in [0.25, 0.3) is 0 Å². The Labute approximate surface area is 186 Å². The predicted octanol–water partition coefficient (Wildman–Crippen LogP) is 4.25. The molecule has 31 heavy (non-hydrogen) atoms. The van der Waals surface area contributed by atoms with Gasteiger partial charge in [0.1, 0.15) is 11.0 Å². The molecule has 1 aliphatic heterocycles. The SMILES string of the molecule is CCOc1ccc([C@@H]2Nn3c(CC)nnc3S[C@H]2C(=O)Nc2cc(C)ccc2C)cc1. The highest BCUT2D eigenvalue weighted by Crippen LogP contribution is 2.38. The average molecular weight is 438 g/mol. The molecule has 2 aromatic carbocycles. The molecule has 7 nitrogen and oxygen atoms in total. The number of benzene rings is 2. The molecule has 0 saturated heterocycles. The first-order valence-corrected chi connectivity index (χ1v) is 11.4. The third kappa shape index (κ3) is 4.39. The van der Waals surface area contributed by atoms with Crippen LogP contribution in [0, 0.1) is 13.8 Å². The van der Waals surface area contributed by atoms with Crippen molar-refractivity contribution in [3.63, 3.8) is 0 Å². The molecule has 0 bridgehead atoms. The van der Waals surface area contributed by atoms with Gasteiger partial charge in [-0.1, -0.05) is 43.0 Å². The Morgan fingerprint density at radius 3 is 2.65 bits per heavy atom. The summed E-state index contributed by atoms with van der Waals surface area (Å²) in [7, 11) is 0. The van der Waals surface area contributed by atoms with Crippen LogP contribution in [0.4, 0.5) is 5.69 Å². The van der Waals surface area contributed by atoms with E-state index in [-0.39, 0.29) is 11.9 Å². The molecule has 2 atom stereocenters. The molecule has 4 rings (SSSR count). The lowest BCUT2D eigenvalue weighted by atomic mass is 10.0. The monoisotopic (exact) mass is 437 g/mol. The molecule has 1 aromatic heterocycles. The van der Waals surface area contributed by atoms with Crippen LogP contribution < -0.4 is 15.5 Å². The van der Waals surface area contributed by atoms with Gasteiger partial charge >= 0.3 is 0 Å². The summed E-state index contributed by atoms with van der Waals surface area (Å²) in [4.78, 5) is 13.4.